The second kappa shape index (κ2) is 5.72. The lowest BCUT2D eigenvalue weighted by Gasteiger charge is -2.11. The first kappa shape index (κ1) is 12.0. The fourth-order valence-electron chi connectivity index (χ4n) is 0.770. The Morgan fingerprint density at radius 1 is 1.33 bits per heavy atom. The molecule has 0 amide bonds. The first-order chi connectivity index (χ1) is 7.11. The molecule has 0 saturated heterocycles. The Morgan fingerprint density at radius 3 is 2.47 bits per heavy atom. The number of benzene rings is 1. The molecule has 15 heavy (non-hydrogen) atoms. The molecule has 1 aromatic rings. The van der Waals surface area contributed by atoms with Crippen LogP contribution in [0.1, 0.15) is 10.4 Å². The standard InChI is InChI=1S/C10H11NO2S2/c1-11(2)10(14)15-13-9(12)8-6-4-3-5-7-8/h3-7H,1-2H3. The van der Waals surface area contributed by atoms with Crippen LogP contribution in [-0.2, 0) is 4.18 Å². The van der Waals surface area contributed by atoms with E-state index in [-0.39, 0.29) is 5.97 Å². The van der Waals surface area contributed by atoms with E-state index in [9.17, 15) is 4.79 Å². The summed E-state index contributed by atoms with van der Waals surface area (Å²) in [6, 6.07) is 8.80. The van der Waals surface area contributed by atoms with Crippen molar-refractivity contribution in [3.05, 3.63) is 35.9 Å². The fourth-order valence-corrected chi connectivity index (χ4v) is 1.26. The van der Waals surface area contributed by atoms with Crippen LogP contribution in [0.3, 0.4) is 0 Å². The van der Waals surface area contributed by atoms with Crippen LogP contribution in [0.25, 0.3) is 0 Å². The van der Waals surface area contributed by atoms with Gasteiger partial charge >= 0.3 is 5.97 Å². The Labute approximate surface area is 98.6 Å². The first-order valence-electron chi connectivity index (χ1n) is 4.26. The molecule has 1 rings (SSSR count). The lowest BCUT2D eigenvalue weighted by atomic mass is 10.2. The van der Waals surface area contributed by atoms with Crippen LogP contribution in [-0.4, -0.2) is 29.3 Å². The largest absolute Gasteiger partial charge is 0.380 e. The van der Waals surface area contributed by atoms with Gasteiger partial charge in [0.05, 0.1) is 5.56 Å². The van der Waals surface area contributed by atoms with Gasteiger partial charge < -0.3 is 9.08 Å². The maximum atomic E-state index is 11.5. The molecule has 0 heterocycles. The maximum absolute atomic E-state index is 11.5. The van der Waals surface area contributed by atoms with Gasteiger partial charge in [0.1, 0.15) is 12.0 Å². The van der Waals surface area contributed by atoms with E-state index in [1.807, 2.05) is 6.07 Å². The highest BCUT2D eigenvalue weighted by atomic mass is 32.2. The van der Waals surface area contributed by atoms with Crippen LogP contribution < -0.4 is 0 Å². The zero-order chi connectivity index (χ0) is 11.3. The van der Waals surface area contributed by atoms with Crippen LogP contribution in [0.4, 0.5) is 0 Å². The zero-order valence-electron chi connectivity index (χ0n) is 8.47. The second-order valence-corrected chi connectivity index (χ2v) is 4.35. The van der Waals surface area contributed by atoms with Crippen molar-refractivity contribution in [2.24, 2.45) is 0 Å². The third-order valence-electron chi connectivity index (χ3n) is 1.56. The van der Waals surface area contributed by atoms with Crippen LogP contribution in [0.2, 0.25) is 0 Å². The van der Waals surface area contributed by atoms with Crippen molar-refractivity contribution >= 4 is 34.6 Å². The predicted octanol–water partition coefficient (Wildman–Crippen LogP) is 2.34. The quantitative estimate of drug-likeness (QED) is 0.556. The van der Waals surface area contributed by atoms with Crippen molar-refractivity contribution < 1.29 is 8.98 Å². The number of carbonyl (C=O) groups is 1. The lowest BCUT2D eigenvalue weighted by Crippen LogP contribution is -2.17. The Balaban J connectivity index is 2.48. The summed E-state index contributed by atoms with van der Waals surface area (Å²) in [7, 11) is 3.59. The molecule has 0 aliphatic rings. The summed E-state index contributed by atoms with van der Waals surface area (Å²) in [4.78, 5) is 13.2. The molecule has 0 aliphatic heterocycles. The van der Waals surface area contributed by atoms with Gasteiger partial charge in [-0.2, -0.15) is 0 Å². The van der Waals surface area contributed by atoms with E-state index in [4.69, 9.17) is 16.4 Å². The van der Waals surface area contributed by atoms with E-state index >= 15 is 0 Å². The third-order valence-corrected chi connectivity index (χ3v) is 2.87. The minimum atomic E-state index is -0.384. The average molecular weight is 241 g/mol. The molecule has 0 bridgehead atoms. The van der Waals surface area contributed by atoms with Crippen molar-refractivity contribution in [1.82, 2.24) is 4.90 Å². The molecule has 0 aromatic heterocycles. The highest BCUT2D eigenvalue weighted by Crippen LogP contribution is 2.12. The number of hydrogen-bond donors (Lipinski definition) is 0. The van der Waals surface area contributed by atoms with Crippen molar-refractivity contribution in [1.29, 1.82) is 0 Å². The highest BCUT2D eigenvalue weighted by Gasteiger charge is 2.09. The Kier molecular flexibility index (Phi) is 4.58. The van der Waals surface area contributed by atoms with Gasteiger partial charge in [0.2, 0.25) is 0 Å². The van der Waals surface area contributed by atoms with E-state index in [1.54, 1.807) is 43.3 Å². The number of hydrogen-bond acceptors (Lipinski definition) is 4. The van der Waals surface area contributed by atoms with Gasteiger partial charge in [-0.15, -0.1) is 0 Å². The van der Waals surface area contributed by atoms with Gasteiger partial charge in [-0.1, -0.05) is 18.2 Å². The molecule has 5 heteroatoms. The van der Waals surface area contributed by atoms with Gasteiger partial charge in [-0.3, -0.25) is 0 Å². The Hall–Kier alpha value is -1.07. The molecule has 0 radical (unpaired) electrons. The van der Waals surface area contributed by atoms with Crippen LogP contribution in [0.15, 0.2) is 30.3 Å². The SMILES string of the molecule is CN(C)C(=S)SOC(=O)c1ccccc1. The molecule has 0 atom stereocenters. The zero-order valence-corrected chi connectivity index (χ0v) is 10.1. The summed E-state index contributed by atoms with van der Waals surface area (Å²) < 4.78 is 5.46. The van der Waals surface area contributed by atoms with E-state index in [2.05, 4.69) is 0 Å². The van der Waals surface area contributed by atoms with Crippen molar-refractivity contribution in [3.63, 3.8) is 0 Å². The minimum Gasteiger partial charge on any atom is -0.380 e. The number of thiocarbonyl (C=S) groups is 1. The number of nitrogens with zero attached hydrogens (tertiary/aromatic N) is 1. The molecule has 0 N–H and O–H groups in total. The summed E-state index contributed by atoms with van der Waals surface area (Å²) in [5.74, 6) is -0.384. The van der Waals surface area contributed by atoms with Crippen molar-refractivity contribution in [3.8, 4) is 0 Å². The molecule has 3 nitrogen and oxygen atoms in total. The molecular weight excluding hydrogens is 230 g/mol. The van der Waals surface area contributed by atoms with Crippen LogP contribution in [0.5, 0.6) is 0 Å². The van der Waals surface area contributed by atoms with Crippen LogP contribution >= 0.6 is 24.3 Å². The molecule has 0 saturated carbocycles. The Bertz CT molecular complexity index is 352. The second-order valence-electron chi connectivity index (χ2n) is 2.98. The van der Waals surface area contributed by atoms with Gasteiger partial charge in [0.25, 0.3) is 0 Å². The molecule has 0 aliphatic carbocycles. The summed E-state index contributed by atoms with van der Waals surface area (Å²) >= 11 is 5.85. The number of carbonyl (C=O) groups excluding carboxylic acids is 1. The van der Waals surface area contributed by atoms with Crippen molar-refractivity contribution in [2.45, 2.75) is 0 Å². The normalized spacial score (nSPS) is 9.47. The van der Waals surface area contributed by atoms with E-state index < -0.39 is 0 Å². The molecular formula is C10H11NO2S2. The summed E-state index contributed by atoms with van der Waals surface area (Å²) in [5, 5.41) is 0. The maximum Gasteiger partial charge on any atom is 0.350 e. The monoisotopic (exact) mass is 241 g/mol. The molecule has 1 aromatic carbocycles. The lowest BCUT2D eigenvalue weighted by molar-refractivity contribution is 0.0770. The summed E-state index contributed by atoms with van der Waals surface area (Å²) in [6.45, 7) is 0. The topological polar surface area (TPSA) is 29.5 Å². The Morgan fingerprint density at radius 2 is 1.93 bits per heavy atom. The summed E-state index contributed by atoms with van der Waals surface area (Å²) in [5.41, 5.74) is 0.520. The highest BCUT2D eigenvalue weighted by molar-refractivity contribution is 8.20. The first-order valence-corrected chi connectivity index (χ1v) is 5.41. The van der Waals surface area contributed by atoms with Crippen LogP contribution in [0, 0.1) is 0 Å². The van der Waals surface area contributed by atoms with E-state index in [1.165, 1.54) is 0 Å². The average Bonchev–Trinajstić information content (AvgIpc) is 2.26. The van der Waals surface area contributed by atoms with E-state index in [0.29, 0.717) is 9.88 Å². The smallest absolute Gasteiger partial charge is 0.350 e. The van der Waals surface area contributed by atoms with Gasteiger partial charge in [0, 0.05) is 14.1 Å². The summed E-state index contributed by atoms with van der Waals surface area (Å²) in [6.07, 6.45) is 0. The predicted molar refractivity (Wildman–Crippen MR) is 65.7 cm³/mol. The van der Waals surface area contributed by atoms with Crippen molar-refractivity contribution in [2.75, 3.05) is 14.1 Å². The molecule has 80 valence electrons. The van der Waals surface area contributed by atoms with Gasteiger partial charge in [-0.05, 0) is 24.4 Å². The minimum absolute atomic E-state index is 0.384. The van der Waals surface area contributed by atoms with E-state index in [0.717, 1.165) is 12.0 Å². The third kappa shape index (κ3) is 3.89. The molecule has 0 unspecified atom stereocenters. The number of rotatable bonds is 1. The van der Waals surface area contributed by atoms with Gasteiger partial charge in [0.15, 0.2) is 4.32 Å². The molecule has 0 spiro atoms. The van der Waals surface area contributed by atoms with Gasteiger partial charge in [-0.25, -0.2) is 4.79 Å². The molecule has 0 fully saturated rings. The fraction of sp³-hybridized carbons (Fsp3) is 0.200.